The number of hydrogen-bond donors (Lipinski definition) is 1. The maximum absolute atomic E-state index is 4.60. The van der Waals surface area contributed by atoms with Crippen molar-refractivity contribution in [3.63, 3.8) is 0 Å². The van der Waals surface area contributed by atoms with Gasteiger partial charge in [-0.3, -0.25) is 4.99 Å². The zero-order valence-electron chi connectivity index (χ0n) is 9.84. The van der Waals surface area contributed by atoms with Crippen LogP contribution in [0.25, 0.3) is 0 Å². The lowest BCUT2D eigenvalue weighted by Gasteiger charge is -2.22. The van der Waals surface area contributed by atoms with E-state index in [4.69, 9.17) is 0 Å². The van der Waals surface area contributed by atoms with Gasteiger partial charge in [-0.1, -0.05) is 27.2 Å². The molecule has 1 aliphatic rings. The molecule has 1 atom stereocenters. The van der Waals surface area contributed by atoms with Gasteiger partial charge in [0.1, 0.15) is 0 Å². The maximum Gasteiger partial charge on any atom is 0.0965 e. The number of rotatable bonds is 3. The Morgan fingerprint density at radius 1 is 1.29 bits per heavy atom. The van der Waals surface area contributed by atoms with Crippen LogP contribution in [0.3, 0.4) is 0 Å². The van der Waals surface area contributed by atoms with Crippen molar-refractivity contribution in [2.45, 2.75) is 58.9 Å². The molecule has 0 amide bonds. The lowest BCUT2D eigenvalue weighted by Crippen LogP contribution is -2.38. The summed E-state index contributed by atoms with van der Waals surface area (Å²) in [7, 11) is 0. The molecule has 1 rings (SSSR count). The number of nitrogens with one attached hydrogen (secondary N) is 1. The minimum absolute atomic E-state index is 0.604. The van der Waals surface area contributed by atoms with Crippen molar-refractivity contribution in [1.82, 2.24) is 5.32 Å². The number of nitrogens with zero attached hydrogens (tertiary/aromatic N) is 1. The molecule has 0 spiro atoms. The molecule has 1 aliphatic heterocycles. The molecule has 1 N–H and O–H groups in total. The van der Waals surface area contributed by atoms with Gasteiger partial charge in [-0.25, -0.2) is 0 Å². The molecule has 0 aromatic carbocycles. The molecule has 0 bridgehead atoms. The Balaban J connectivity index is 2.43. The summed E-state index contributed by atoms with van der Waals surface area (Å²) in [6, 6.07) is 0.604. The number of hydrogen-bond acceptors (Lipinski definition) is 2. The summed E-state index contributed by atoms with van der Waals surface area (Å²) in [5.41, 5.74) is 0. The fraction of sp³-hybridized carbons (Fsp3) is 0.917. The summed E-state index contributed by atoms with van der Waals surface area (Å²) in [6.07, 6.45) is 6.26. The first kappa shape index (κ1) is 11.5. The molecule has 1 unspecified atom stereocenters. The average molecular weight is 196 g/mol. The van der Waals surface area contributed by atoms with Gasteiger partial charge < -0.3 is 5.32 Å². The molecule has 82 valence electrons. The molecule has 2 heteroatoms. The van der Waals surface area contributed by atoms with Gasteiger partial charge in [0.15, 0.2) is 0 Å². The topological polar surface area (TPSA) is 24.4 Å². The minimum atomic E-state index is 0.604. The highest BCUT2D eigenvalue weighted by Crippen LogP contribution is 2.10. The van der Waals surface area contributed by atoms with Gasteiger partial charge in [-0.15, -0.1) is 0 Å². The van der Waals surface area contributed by atoms with Crippen molar-refractivity contribution >= 4 is 5.84 Å². The van der Waals surface area contributed by atoms with Gasteiger partial charge >= 0.3 is 0 Å². The Morgan fingerprint density at radius 3 is 2.71 bits per heavy atom. The van der Waals surface area contributed by atoms with Crippen LogP contribution in [0.4, 0.5) is 0 Å². The van der Waals surface area contributed by atoms with Gasteiger partial charge in [0, 0.05) is 19.0 Å². The second-order valence-corrected chi connectivity index (χ2v) is 4.54. The summed E-state index contributed by atoms with van der Waals surface area (Å²) in [5, 5.41) is 3.60. The third-order valence-electron chi connectivity index (χ3n) is 2.97. The van der Waals surface area contributed by atoms with E-state index < -0.39 is 0 Å². The molecular formula is C12H24N2. The van der Waals surface area contributed by atoms with Crippen LogP contribution in [-0.2, 0) is 0 Å². The van der Waals surface area contributed by atoms with Crippen LogP contribution in [0.5, 0.6) is 0 Å². The van der Waals surface area contributed by atoms with Crippen molar-refractivity contribution in [3.8, 4) is 0 Å². The highest BCUT2D eigenvalue weighted by molar-refractivity contribution is 5.82. The molecule has 0 saturated carbocycles. The lowest BCUT2D eigenvalue weighted by molar-refractivity contribution is 0.439. The third kappa shape index (κ3) is 3.69. The zero-order chi connectivity index (χ0) is 10.4. The normalized spacial score (nSPS) is 20.1. The van der Waals surface area contributed by atoms with Crippen LogP contribution >= 0.6 is 0 Å². The van der Waals surface area contributed by atoms with Crippen LogP contribution in [0.1, 0.15) is 52.9 Å². The summed E-state index contributed by atoms with van der Waals surface area (Å²) in [5.74, 6) is 1.95. The molecule has 1 heterocycles. The van der Waals surface area contributed by atoms with Crippen LogP contribution in [0.2, 0.25) is 0 Å². The van der Waals surface area contributed by atoms with Crippen molar-refractivity contribution in [1.29, 1.82) is 0 Å². The van der Waals surface area contributed by atoms with E-state index in [-0.39, 0.29) is 0 Å². The molecule has 0 radical (unpaired) electrons. The highest BCUT2D eigenvalue weighted by atomic mass is 15.0. The highest BCUT2D eigenvalue weighted by Gasteiger charge is 2.13. The van der Waals surface area contributed by atoms with E-state index in [1.54, 1.807) is 0 Å². The van der Waals surface area contributed by atoms with E-state index in [0.717, 1.165) is 13.0 Å². The van der Waals surface area contributed by atoms with Gasteiger partial charge in [0.25, 0.3) is 0 Å². The standard InChI is InChI=1S/C12H24N2/c1-4-11(10(2)3)14-12-8-6-5-7-9-13-12/h10-11H,4-9H2,1-3H3,(H,13,14). The van der Waals surface area contributed by atoms with E-state index in [9.17, 15) is 0 Å². The quantitative estimate of drug-likeness (QED) is 0.737. The molecule has 0 aliphatic carbocycles. The summed E-state index contributed by atoms with van der Waals surface area (Å²) in [4.78, 5) is 4.60. The monoisotopic (exact) mass is 196 g/mol. The predicted octanol–water partition coefficient (Wildman–Crippen LogP) is 2.98. The first-order valence-electron chi connectivity index (χ1n) is 6.04. The summed E-state index contributed by atoms with van der Waals surface area (Å²) in [6.45, 7) is 7.82. The Hall–Kier alpha value is -0.530. The molecule has 14 heavy (non-hydrogen) atoms. The predicted molar refractivity (Wildman–Crippen MR) is 62.8 cm³/mol. The first-order valence-corrected chi connectivity index (χ1v) is 6.04. The third-order valence-corrected chi connectivity index (χ3v) is 2.97. The smallest absolute Gasteiger partial charge is 0.0965 e. The Morgan fingerprint density at radius 2 is 2.07 bits per heavy atom. The molecule has 2 nitrogen and oxygen atoms in total. The Labute approximate surface area is 88.2 Å². The number of aliphatic imine (C=N–C) groups is 1. The van der Waals surface area contributed by atoms with Crippen molar-refractivity contribution in [2.75, 3.05) is 6.54 Å². The second-order valence-electron chi connectivity index (χ2n) is 4.54. The largest absolute Gasteiger partial charge is 0.371 e. The number of amidine groups is 1. The Kier molecular flexibility index (Phi) is 4.99. The van der Waals surface area contributed by atoms with Gasteiger partial charge in [0.2, 0.25) is 0 Å². The summed E-state index contributed by atoms with van der Waals surface area (Å²) < 4.78 is 0. The van der Waals surface area contributed by atoms with E-state index in [2.05, 4.69) is 31.1 Å². The van der Waals surface area contributed by atoms with Gasteiger partial charge in [-0.2, -0.15) is 0 Å². The van der Waals surface area contributed by atoms with Crippen LogP contribution in [0.15, 0.2) is 4.99 Å². The van der Waals surface area contributed by atoms with Crippen LogP contribution in [0, 0.1) is 5.92 Å². The molecule has 0 aromatic heterocycles. The van der Waals surface area contributed by atoms with Crippen molar-refractivity contribution in [2.24, 2.45) is 10.9 Å². The van der Waals surface area contributed by atoms with E-state index in [0.29, 0.717) is 12.0 Å². The fourth-order valence-electron chi connectivity index (χ4n) is 1.95. The lowest BCUT2D eigenvalue weighted by atomic mass is 10.0. The van der Waals surface area contributed by atoms with E-state index in [1.807, 2.05) is 0 Å². The van der Waals surface area contributed by atoms with Crippen LogP contribution < -0.4 is 5.32 Å². The van der Waals surface area contributed by atoms with Gasteiger partial charge in [0.05, 0.1) is 5.84 Å². The molecule has 0 aromatic rings. The second kappa shape index (κ2) is 6.05. The van der Waals surface area contributed by atoms with Crippen molar-refractivity contribution in [3.05, 3.63) is 0 Å². The minimum Gasteiger partial charge on any atom is -0.371 e. The van der Waals surface area contributed by atoms with E-state index in [1.165, 1.54) is 31.5 Å². The van der Waals surface area contributed by atoms with Crippen LogP contribution in [-0.4, -0.2) is 18.4 Å². The molecule has 0 saturated heterocycles. The molecule has 0 fully saturated rings. The Bertz CT molecular complexity index is 185. The summed E-state index contributed by atoms with van der Waals surface area (Å²) >= 11 is 0. The van der Waals surface area contributed by atoms with Crippen molar-refractivity contribution < 1.29 is 0 Å². The SMILES string of the molecule is CCC(NC1=NCCCCC1)C(C)C. The maximum atomic E-state index is 4.60. The van der Waals surface area contributed by atoms with E-state index >= 15 is 0 Å². The first-order chi connectivity index (χ1) is 6.74. The molecular weight excluding hydrogens is 172 g/mol. The zero-order valence-corrected chi connectivity index (χ0v) is 9.84. The average Bonchev–Trinajstić information content (AvgIpc) is 2.41. The fourth-order valence-corrected chi connectivity index (χ4v) is 1.95. The van der Waals surface area contributed by atoms with Gasteiger partial charge in [-0.05, 0) is 25.2 Å².